The molecule has 3 unspecified atom stereocenters. The van der Waals surface area contributed by atoms with Gasteiger partial charge in [-0.1, -0.05) is 23.7 Å². The lowest BCUT2D eigenvalue weighted by atomic mass is 9.77. The van der Waals surface area contributed by atoms with Crippen LogP contribution >= 0.6 is 11.6 Å². The van der Waals surface area contributed by atoms with Gasteiger partial charge in [-0.3, -0.25) is 23.7 Å². The summed E-state index contributed by atoms with van der Waals surface area (Å²) < 4.78 is 31.0. The molecule has 10 nitrogen and oxygen atoms in total. The molecule has 1 aromatic carbocycles. The molecule has 3 amide bonds. The first-order valence-corrected chi connectivity index (χ1v) is 11.9. The van der Waals surface area contributed by atoms with Crippen LogP contribution in [0, 0.1) is 5.82 Å². The van der Waals surface area contributed by atoms with Crippen LogP contribution in [0.4, 0.5) is 8.78 Å². The number of nitrogens with one attached hydrogen (secondary N) is 1. The Morgan fingerprint density at radius 2 is 1.97 bits per heavy atom. The van der Waals surface area contributed by atoms with Gasteiger partial charge in [0.05, 0.1) is 11.6 Å². The van der Waals surface area contributed by atoms with Gasteiger partial charge in [0.15, 0.2) is 5.69 Å². The summed E-state index contributed by atoms with van der Waals surface area (Å²) >= 11 is 5.77. The van der Waals surface area contributed by atoms with Crippen LogP contribution in [0.2, 0.25) is 5.02 Å². The molecular formula is C24H26ClF2N5O5. The minimum absolute atomic E-state index is 0.0286. The third-order valence-electron chi connectivity index (χ3n) is 6.98. The fourth-order valence-electron chi connectivity index (χ4n) is 4.95. The van der Waals surface area contributed by atoms with E-state index in [-0.39, 0.29) is 42.2 Å². The maximum atomic E-state index is 15.8. The molecule has 3 heterocycles. The summed E-state index contributed by atoms with van der Waals surface area (Å²) in [7, 11) is 4.22. The lowest BCUT2D eigenvalue weighted by Gasteiger charge is -2.40. The molecule has 1 aromatic heterocycles. The van der Waals surface area contributed by atoms with Gasteiger partial charge < -0.3 is 20.2 Å². The van der Waals surface area contributed by atoms with Gasteiger partial charge in [-0.2, -0.15) is 0 Å². The van der Waals surface area contributed by atoms with Crippen molar-refractivity contribution in [2.75, 3.05) is 21.1 Å². The maximum Gasteiger partial charge on any atom is 0.312 e. The average Bonchev–Trinajstić information content (AvgIpc) is 3.08. The fourth-order valence-corrected chi connectivity index (χ4v) is 5.15. The normalized spacial score (nSPS) is 22.1. The second-order valence-corrected chi connectivity index (χ2v) is 10.0. The Morgan fingerprint density at radius 3 is 2.65 bits per heavy atom. The van der Waals surface area contributed by atoms with E-state index in [1.54, 1.807) is 0 Å². The van der Waals surface area contributed by atoms with Crippen molar-refractivity contribution >= 4 is 29.3 Å². The van der Waals surface area contributed by atoms with E-state index in [4.69, 9.17) is 11.6 Å². The lowest BCUT2D eigenvalue weighted by Crippen LogP contribution is -2.51. The summed E-state index contributed by atoms with van der Waals surface area (Å²) in [5, 5.41) is 12.8. The van der Waals surface area contributed by atoms with Gasteiger partial charge >= 0.3 is 11.8 Å². The van der Waals surface area contributed by atoms with E-state index in [0.717, 1.165) is 14.4 Å². The van der Waals surface area contributed by atoms with Crippen LogP contribution in [-0.4, -0.2) is 75.0 Å². The Balaban J connectivity index is 1.70. The van der Waals surface area contributed by atoms with E-state index in [1.165, 1.54) is 39.3 Å². The van der Waals surface area contributed by atoms with Crippen molar-refractivity contribution in [3.05, 3.63) is 56.5 Å². The van der Waals surface area contributed by atoms with Crippen LogP contribution in [0.25, 0.3) is 0 Å². The standard InChI is InChI=1S/C24H26ClF2N5O5/c1-30(2)22(36)23(37)31(3)15-9-24(27)8-7-13(15)19-29-17(18(33)21(35)32(19)11-24)20(34)28-10-12-5-4-6-14(25)16(12)26/h4-6,13,15,33H,7-11H2,1-3H3,(H,28,34). The number of aromatic nitrogens is 2. The first-order chi connectivity index (χ1) is 17.3. The Bertz CT molecular complexity index is 1350. The molecule has 2 bridgehead atoms. The second-order valence-electron chi connectivity index (χ2n) is 9.64. The molecule has 0 spiro atoms. The fraction of sp³-hybridized carbons (Fsp3) is 0.458. The number of benzene rings is 1. The van der Waals surface area contributed by atoms with Crippen LogP contribution in [0.5, 0.6) is 5.75 Å². The molecule has 2 aromatic rings. The number of hydrogen-bond acceptors (Lipinski definition) is 6. The van der Waals surface area contributed by atoms with Gasteiger partial charge in [0.2, 0.25) is 5.75 Å². The number of nitrogens with zero attached hydrogens (tertiary/aromatic N) is 4. The van der Waals surface area contributed by atoms with Crippen LogP contribution in [0.3, 0.4) is 0 Å². The first kappa shape index (κ1) is 26.5. The van der Waals surface area contributed by atoms with E-state index in [9.17, 15) is 28.7 Å². The molecule has 2 N–H and O–H groups in total. The smallest absolute Gasteiger partial charge is 0.312 e. The zero-order valence-corrected chi connectivity index (χ0v) is 21.2. The Kier molecular flexibility index (Phi) is 6.97. The summed E-state index contributed by atoms with van der Waals surface area (Å²) in [6.07, 6.45) is 0.109. The number of carbonyl (C=O) groups excluding carboxylic acids is 3. The Morgan fingerprint density at radius 1 is 1.27 bits per heavy atom. The number of amides is 3. The van der Waals surface area contributed by atoms with Gasteiger partial charge in [-0.25, -0.2) is 13.8 Å². The summed E-state index contributed by atoms with van der Waals surface area (Å²) in [5.74, 6) is -4.94. The van der Waals surface area contributed by atoms with Gasteiger partial charge in [0.25, 0.3) is 11.5 Å². The van der Waals surface area contributed by atoms with Crippen molar-refractivity contribution in [3.8, 4) is 5.75 Å². The Hall–Kier alpha value is -3.54. The van der Waals surface area contributed by atoms with E-state index in [1.807, 2.05) is 0 Å². The highest BCUT2D eigenvalue weighted by atomic mass is 35.5. The minimum Gasteiger partial charge on any atom is -0.501 e. The van der Waals surface area contributed by atoms with Crippen LogP contribution in [-0.2, 0) is 22.7 Å². The zero-order chi connectivity index (χ0) is 27.2. The number of fused-ring (bicyclic) bond motifs is 2. The number of halogens is 3. The highest BCUT2D eigenvalue weighted by Crippen LogP contribution is 2.46. The van der Waals surface area contributed by atoms with Crippen molar-refractivity contribution in [1.82, 2.24) is 24.7 Å². The number of carbonyl (C=O) groups is 3. The number of alkyl halides is 1. The van der Waals surface area contributed by atoms with E-state index >= 15 is 4.39 Å². The van der Waals surface area contributed by atoms with Crippen molar-refractivity contribution in [3.63, 3.8) is 0 Å². The van der Waals surface area contributed by atoms with Crippen molar-refractivity contribution in [1.29, 1.82) is 0 Å². The van der Waals surface area contributed by atoms with E-state index in [0.29, 0.717) is 0 Å². The number of rotatable bonds is 4. The third-order valence-corrected chi connectivity index (χ3v) is 7.28. The van der Waals surface area contributed by atoms with Crippen molar-refractivity contribution in [2.45, 2.75) is 50.0 Å². The van der Waals surface area contributed by atoms with Crippen LogP contribution in [0.1, 0.15) is 47.1 Å². The van der Waals surface area contributed by atoms with Gasteiger partial charge in [-0.05, 0) is 18.9 Å². The average molecular weight is 538 g/mol. The number of hydrogen-bond donors (Lipinski definition) is 2. The molecule has 13 heteroatoms. The molecule has 0 saturated heterocycles. The maximum absolute atomic E-state index is 15.8. The molecule has 3 aliphatic rings. The summed E-state index contributed by atoms with van der Waals surface area (Å²) in [6.45, 7) is -0.720. The molecule has 0 radical (unpaired) electrons. The van der Waals surface area contributed by atoms with Gasteiger partial charge in [0.1, 0.15) is 17.3 Å². The van der Waals surface area contributed by atoms with Crippen molar-refractivity contribution < 1.29 is 28.3 Å². The summed E-state index contributed by atoms with van der Waals surface area (Å²) in [6, 6.07) is 3.43. The number of aromatic hydroxyl groups is 1. The molecule has 1 saturated carbocycles. The largest absolute Gasteiger partial charge is 0.501 e. The van der Waals surface area contributed by atoms with Crippen LogP contribution in [0.15, 0.2) is 23.0 Å². The molecule has 2 aliphatic heterocycles. The zero-order valence-electron chi connectivity index (χ0n) is 20.4. The van der Waals surface area contributed by atoms with Crippen molar-refractivity contribution in [2.24, 2.45) is 0 Å². The molecule has 5 rings (SSSR count). The molecular weight excluding hydrogens is 512 g/mol. The van der Waals surface area contributed by atoms with Crippen LogP contribution < -0.4 is 10.9 Å². The molecule has 3 atom stereocenters. The lowest BCUT2D eigenvalue weighted by molar-refractivity contribution is -0.152. The highest BCUT2D eigenvalue weighted by molar-refractivity contribution is 6.34. The second kappa shape index (κ2) is 9.73. The predicted molar refractivity (Wildman–Crippen MR) is 128 cm³/mol. The molecule has 37 heavy (non-hydrogen) atoms. The first-order valence-electron chi connectivity index (χ1n) is 11.6. The summed E-state index contributed by atoms with van der Waals surface area (Å²) in [5.41, 5.74) is -3.42. The predicted octanol–water partition coefficient (Wildman–Crippen LogP) is 1.58. The topological polar surface area (TPSA) is 125 Å². The SMILES string of the molecule is CN(C)C(=O)C(=O)N(C)C1CC2(F)CCC1c1nc(C(=O)NCc3cccc(Cl)c3F)c(O)c(=O)n1C2. The Labute approximate surface area is 215 Å². The van der Waals surface area contributed by atoms with E-state index in [2.05, 4.69) is 10.3 Å². The monoisotopic (exact) mass is 537 g/mol. The van der Waals surface area contributed by atoms with E-state index < -0.39 is 64.7 Å². The molecule has 1 fully saturated rings. The van der Waals surface area contributed by atoms with Gasteiger partial charge in [0, 0.05) is 51.6 Å². The van der Waals surface area contributed by atoms with Gasteiger partial charge in [-0.15, -0.1) is 0 Å². The third kappa shape index (κ3) is 4.77. The highest BCUT2D eigenvalue weighted by Gasteiger charge is 2.50. The molecule has 198 valence electrons. The minimum atomic E-state index is -1.89. The number of likely N-dealkylation sites (N-methyl/N-ethyl adjacent to an activating group) is 2. The quantitative estimate of drug-likeness (QED) is 0.571. The molecule has 1 aliphatic carbocycles. The summed E-state index contributed by atoms with van der Waals surface area (Å²) in [4.78, 5) is 57.4.